The minimum atomic E-state index is -3.80. The zero-order valence-corrected chi connectivity index (χ0v) is 22.4. The number of carbonyl (C=O) groups is 1. The number of nitrogens with one attached hydrogen (secondary N) is 2. The van der Waals surface area contributed by atoms with Crippen LogP contribution in [0.4, 0.5) is 11.4 Å². The van der Waals surface area contributed by atoms with Crippen LogP contribution in [0, 0.1) is 0 Å². The van der Waals surface area contributed by atoms with Crippen LogP contribution >= 0.6 is 0 Å². The van der Waals surface area contributed by atoms with Gasteiger partial charge in [0, 0.05) is 30.9 Å². The van der Waals surface area contributed by atoms with Crippen LogP contribution in [0.3, 0.4) is 0 Å². The third kappa shape index (κ3) is 6.90. The molecule has 0 radical (unpaired) electrons. The number of aryl methyl sites for hydroxylation is 1. The number of nitrogens with zero attached hydrogens (tertiary/aromatic N) is 1. The fraction of sp³-hybridized carbons (Fsp3) is 0.269. The minimum absolute atomic E-state index is 0.0541. The molecule has 1 saturated heterocycles. The van der Waals surface area contributed by atoms with Gasteiger partial charge < -0.3 is 14.8 Å². The molecule has 3 aromatic rings. The molecule has 12 heteroatoms. The van der Waals surface area contributed by atoms with E-state index in [-0.39, 0.29) is 22.1 Å². The van der Waals surface area contributed by atoms with Crippen LogP contribution < -0.4 is 14.8 Å². The van der Waals surface area contributed by atoms with Crippen molar-refractivity contribution in [2.75, 3.05) is 43.5 Å². The second-order valence-corrected chi connectivity index (χ2v) is 12.2. The molecule has 1 fully saturated rings. The molecule has 0 aromatic heterocycles. The summed E-state index contributed by atoms with van der Waals surface area (Å²) in [6.07, 6.45) is 0.594. The molecule has 0 bridgehead atoms. The Bertz CT molecular complexity index is 1450. The molecule has 2 N–H and O–H groups in total. The number of rotatable bonds is 10. The predicted octanol–water partition coefficient (Wildman–Crippen LogP) is 3.09. The quantitative estimate of drug-likeness (QED) is 0.390. The number of anilines is 2. The highest BCUT2D eigenvalue weighted by atomic mass is 32.2. The molecule has 10 nitrogen and oxygen atoms in total. The van der Waals surface area contributed by atoms with Gasteiger partial charge in [0.05, 0.1) is 30.1 Å². The van der Waals surface area contributed by atoms with Gasteiger partial charge in [-0.15, -0.1) is 0 Å². The lowest BCUT2D eigenvalue weighted by Crippen LogP contribution is -2.40. The van der Waals surface area contributed by atoms with Crippen LogP contribution in [0.2, 0.25) is 0 Å². The number of hydrogen-bond donors (Lipinski definition) is 2. The first kappa shape index (κ1) is 27.6. The van der Waals surface area contributed by atoms with Gasteiger partial charge >= 0.3 is 0 Å². The normalized spacial score (nSPS) is 14.6. The molecule has 1 aliphatic rings. The van der Waals surface area contributed by atoms with Crippen LogP contribution in [0.15, 0.2) is 82.6 Å². The summed E-state index contributed by atoms with van der Waals surface area (Å²) in [5.74, 6) is 0.365. The highest BCUT2D eigenvalue weighted by Gasteiger charge is 2.26. The molecule has 0 aliphatic carbocycles. The van der Waals surface area contributed by atoms with E-state index in [1.54, 1.807) is 48.5 Å². The van der Waals surface area contributed by atoms with Gasteiger partial charge in [0.2, 0.25) is 15.9 Å². The molecule has 1 amide bonds. The average Bonchev–Trinajstić information content (AvgIpc) is 2.93. The van der Waals surface area contributed by atoms with Crippen molar-refractivity contribution in [2.24, 2.45) is 0 Å². The van der Waals surface area contributed by atoms with E-state index in [0.29, 0.717) is 49.8 Å². The van der Waals surface area contributed by atoms with Crippen molar-refractivity contribution in [2.45, 2.75) is 22.6 Å². The van der Waals surface area contributed by atoms with Crippen molar-refractivity contribution in [3.8, 4) is 5.75 Å². The summed E-state index contributed by atoms with van der Waals surface area (Å²) >= 11 is 0. The molecule has 1 heterocycles. The number of amides is 1. The van der Waals surface area contributed by atoms with Crippen molar-refractivity contribution >= 4 is 37.3 Å². The number of hydrogen-bond acceptors (Lipinski definition) is 7. The Morgan fingerprint density at radius 3 is 2.03 bits per heavy atom. The molecule has 0 spiro atoms. The molecule has 0 saturated carbocycles. The average molecular weight is 560 g/mol. The maximum absolute atomic E-state index is 12.7. The van der Waals surface area contributed by atoms with E-state index in [2.05, 4.69) is 10.0 Å². The second kappa shape index (κ2) is 11.9. The first-order valence-corrected chi connectivity index (χ1v) is 14.8. The number of ether oxygens (including phenoxy) is 2. The van der Waals surface area contributed by atoms with E-state index in [0.717, 1.165) is 5.56 Å². The Morgan fingerprint density at radius 2 is 1.42 bits per heavy atom. The largest absolute Gasteiger partial charge is 0.497 e. The zero-order chi connectivity index (χ0) is 27.2. The summed E-state index contributed by atoms with van der Waals surface area (Å²) in [7, 11) is -5.84. The topological polar surface area (TPSA) is 131 Å². The fourth-order valence-corrected chi connectivity index (χ4v) is 6.30. The first-order valence-electron chi connectivity index (χ1n) is 11.9. The summed E-state index contributed by atoms with van der Waals surface area (Å²) in [6.45, 7) is 1.42. The molecular formula is C26H29N3O7S2. The van der Waals surface area contributed by atoms with E-state index in [9.17, 15) is 21.6 Å². The maximum Gasteiger partial charge on any atom is 0.261 e. The summed E-state index contributed by atoms with van der Waals surface area (Å²) in [6, 6.07) is 18.9. The molecule has 38 heavy (non-hydrogen) atoms. The lowest BCUT2D eigenvalue weighted by molar-refractivity contribution is -0.116. The molecule has 202 valence electrons. The monoisotopic (exact) mass is 559 g/mol. The summed E-state index contributed by atoms with van der Waals surface area (Å²) in [5.41, 5.74) is 1.69. The number of carbonyl (C=O) groups excluding carboxylic acids is 1. The van der Waals surface area contributed by atoms with E-state index < -0.39 is 20.0 Å². The number of methoxy groups -OCH3 is 1. The Kier molecular flexibility index (Phi) is 8.67. The van der Waals surface area contributed by atoms with Crippen molar-refractivity contribution in [1.82, 2.24) is 4.31 Å². The van der Waals surface area contributed by atoms with E-state index >= 15 is 0 Å². The van der Waals surface area contributed by atoms with Crippen LogP contribution in [-0.2, 0) is 36.0 Å². The predicted molar refractivity (Wildman–Crippen MR) is 143 cm³/mol. The highest BCUT2D eigenvalue weighted by molar-refractivity contribution is 7.92. The molecule has 0 unspecified atom stereocenters. The Balaban J connectivity index is 1.29. The van der Waals surface area contributed by atoms with E-state index in [1.807, 2.05) is 0 Å². The standard InChI is InChI=1S/C26H29N3O7S2/c1-35-23-9-5-22(6-10-23)28-37(31,32)24-13-7-21(8-14-24)27-26(30)15-4-20-2-11-25(12-3-20)38(33,34)29-16-18-36-19-17-29/h2-3,5-14,28H,4,15-19H2,1H3,(H,27,30). The van der Waals surface area contributed by atoms with Gasteiger partial charge in [-0.25, -0.2) is 16.8 Å². The van der Waals surface area contributed by atoms with Crippen molar-refractivity contribution < 1.29 is 31.1 Å². The smallest absolute Gasteiger partial charge is 0.261 e. The third-order valence-electron chi connectivity index (χ3n) is 5.96. The van der Waals surface area contributed by atoms with Gasteiger partial charge in [0.15, 0.2) is 0 Å². The third-order valence-corrected chi connectivity index (χ3v) is 9.27. The zero-order valence-electron chi connectivity index (χ0n) is 20.8. The highest BCUT2D eigenvalue weighted by Crippen LogP contribution is 2.21. The second-order valence-electron chi connectivity index (χ2n) is 8.57. The molecule has 1 aliphatic heterocycles. The van der Waals surface area contributed by atoms with Gasteiger partial charge in [-0.05, 0) is 72.6 Å². The van der Waals surface area contributed by atoms with E-state index in [4.69, 9.17) is 9.47 Å². The van der Waals surface area contributed by atoms with Gasteiger partial charge in [-0.3, -0.25) is 9.52 Å². The minimum Gasteiger partial charge on any atom is -0.497 e. The fourth-order valence-electron chi connectivity index (χ4n) is 3.84. The van der Waals surface area contributed by atoms with Crippen molar-refractivity contribution in [3.63, 3.8) is 0 Å². The summed E-state index contributed by atoms with van der Waals surface area (Å²) in [4.78, 5) is 12.7. The van der Waals surface area contributed by atoms with Crippen LogP contribution in [0.1, 0.15) is 12.0 Å². The summed E-state index contributed by atoms with van der Waals surface area (Å²) < 4.78 is 65.0. The van der Waals surface area contributed by atoms with Gasteiger partial charge in [0.1, 0.15) is 5.75 Å². The Labute approximate surface area is 222 Å². The first-order chi connectivity index (χ1) is 18.2. The number of morpholine rings is 1. The molecule has 3 aromatic carbocycles. The van der Waals surface area contributed by atoms with Gasteiger partial charge in [0.25, 0.3) is 10.0 Å². The Morgan fingerprint density at radius 1 is 0.842 bits per heavy atom. The molecule has 4 rings (SSSR count). The van der Waals surface area contributed by atoms with Crippen molar-refractivity contribution in [3.05, 3.63) is 78.4 Å². The van der Waals surface area contributed by atoms with Gasteiger partial charge in [-0.2, -0.15) is 4.31 Å². The lowest BCUT2D eigenvalue weighted by atomic mass is 10.1. The maximum atomic E-state index is 12.7. The van der Waals surface area contributed by atoms with Crippen LogP contribution in [-0.4, -0.2) is 60.5 Å². The molecular weight excluding hydrogens is 530 g/mol. The SMILES string of the molecule is COc1ccc(NS(=O)(=O)c2ccc(NC(=O)CCc3ccc(S(=O)(=O)N4CCOCC4)cc3)cc2)cc1. The van der Waals surface area contributed by atoms with Gasteiger partial charge in [-0.1, -0.05) is 12.1 Å². The summed E-state index contributed by atoms with van der Waals surface area (Å²) in [5, 5.41) is 2.75. The van der Waals surface area contributed by atoms with Crippen LogP contribution in [0.25, 0.3) is 0 Å². The van der Waals surface area contributed by atoms with Crippen molar-refractivity contribution in [1.29, 1.82) is 0 Å². The van der Waals surface area contributed by atoms with Crippen LogP contribution in [0.5, 0.6) is 5.75 Å². The lowest BCUT2D eigenvalue weighted by Gasteiger charge is -2.26. The number of sulfonamides is 2. The number of benzene rings is 3. The van der Waals surface area contributed by atoms with E-state index in [1.165, 1.54) is 35.7 Å². The molecule has 0 atom stereocenters. The Hall–Kier alpha value is -3.45.